The third-order valence-electron chi connectivity index (χ3n) is 5.50. The Morgan fingerprint density at radius 3 is 2.26 bits per heavy atom. The number of benzene rings is 2. The predicted octanol–water partition coefficient (Wildman–Crippen LogP) is 8.20. The van der Waals surface area contributed by atoms with E-state index in [1.165, 1.54) is 0 Å². The molecule has 0 aliphatic heterocycles. The molecule has 2 N–H and O–H groups in total. The fourth-order valence-electron chi connectivity index (χ4n) is 3.89. The Hall–Kier alpha value is -0.650. The molecule has 1 saturated carbocycles. The first-order valence-corrected chi connectivity index (χ1v) is 11.2. The number of nitrogens with zero attached hydrogens (tertiary/aromatic N) is 1. The van der Waals surface area contributed by atoms with Crippen molar-refractivity contribution in [1.29, 1.82) is 0 Å². The molecular formula is C22H23Cl6N3. The summed E-state index contributed by atoms with van der Waals surface area (Å²) in [5.41, 5.74) is 2.89. The smallest absolute Gasteiger partial charge is 0.0737 e. The molecule has 168 valence electrons. The molecule has 4 rings (SSSR count). The van der Waals surface area contributed by atoms with Gasteiger partial charge in [-0.15, -0.1) is 24.8 Å². The van der Waals surface area contributed by atoms with Crippen LogP contribution in [0.4, 0.5) is 5.69 Å². The van der Waals surface area contributed by atoms with Gasteiger partial charge < -0.3 is 10.6 Å². The zero-order valence-corrected chi connectivity index (χ0v) is 21.2. The summed E-state index contributed by atoms with van der Waals surface area (Å²) in [6.45, 7) is 0.622. The van der Waals surface area contributed by atoms with Gasteiger partial charge in [-0.05, 0) is 62.1 Å². The number of nitrogens with one attached hydrogen (secondary N) is 2. The van der Waals surface area contributed by atoms with Crippen LogP contribution >= 0.6 is 71.2 Å². The summed E-state index contributed by atoms with van der Waals surface area (Å²) in [5, 5.41) is 10.8. The predicted molar refractivity (Wildman–Crippen MR) is 139 cm³/mol. The van der Waals surface area contributed by atoms with E-state index in [2.05, 4.69) is 15.6 Å². The first-order valence-electron chi connectivity index (χ1n) is 9.68. The quantitative estimate of drug-likeness (QED) is 0.319. The van der Waals surface area contributed by atoms with Gasteiger partial charge >= 0.3 is 0 Å². The molecule has 0 saturated heterocycles. The zero-order valence-electron chi connectivity index (χ0n) is 16.5. The Morgan fingerprint density at radius 2 is 1.52 bits per heavy atom. The second-order valence-corrected chi connectivity index (χ2v) is 9.04. The number of anilines is 1. The Balaban J connectivity index is 0.00000171. The number of fused-ring (bicyclic) bond motifs is 1. The van der Waals surface area contributed by atoms with Gasteiger partial charge in [-0.3, -0.25) is 4.98 Å². The van der Waals surface area contributed by atoms with Crippen LogP contribution in [0, 0.1) is 0 Å². The third-order valence-corrected chi connectivity index (χ3v) is 6.93. The van der Waals surface area contributed by atoms with Crippen LogP contribution in [-0.4, -0.2) is 17.1 Å². The summed E-state index contributed by atoms with van der Waals surface area (Å²) >= 11 is 24.8. The van der Waals surface area contributed by atoms with Crippen LogP contribution in [0.15, 0.2) is 42.6 Å². The van der Waals surface area contributed by atoms with E-state index >= 15 is 0 Å². The molecule has 0 unspecified atom stereocenters. The highest BCUT2D eigenvalue weighted by atomic mass is 35.5. The van der Waals surface area contributed by atoms with Gasteiger partial charge in [0.05, 0.1) is 15.6 Å². The topological polar surface area (TPSA) is 37.0 Å². The summed E-state index contributed by atoms with van der Waals surface area (Å²) in [6.07, 6.45) is 6.18. The number of rotatable bonds is 5. The SMILES string of the molecule is Cl.Cl.Clc1ccc2c(N[C@H]3CC[C@@H](NCc4c(Cl)ccc(Cl)c4Cl)CC3)ccnc2c1. The van der Waals surface area contributed by atoms with Gasteiger partial charge in [0, 0.05) is 51.5 Å². The maximum atomic E-state index is 6.31. The maximum absolute atomic E-state index is 6.31. The van der Waals surface area contributed by atoms with E-state index in [9.17, 15) is 0 Å². The number of halogens is 6. The molecule has 1 aliphatic rings. The van der Waals surface area contributed by atoms with Crippen LogP contribution < -0.4 is 10.6 Å². The monoisotopic (exact) mass is 539 g/mol. The minimum atomic E-state index is 0. The van der Waals surface area contributed by atoms with Crippen molar-refractivity contribution in [3.05, 3.63) is 68.2 Å². The van der Waals surface area contributed by atoms with Gasteiger partial charge in [-0.1, -0.05) is 46.4 Å². The molecule has 31 heavy (non-hydrogen) atoms. The van der Waals surface area contributed by atoms with Crippen LogP contribution in [0.5, 0.6) is 0 Å². The van der Waals surface area contributed by atoms with E-state index in [-0.39, 0.29) is 24.8 Å². The molecule has 1 heterocycles. The highest BCUT2D eigenvalue weighted by Gasteiger charge is 2.22. The van der Waals surface area contributed by atoms with Crippen molar-refractivity contribution in [2.75, 3.05) is 5.32 Å². The lowest BCUT2D eigenvalue weighted by Crippen LogP contribution is -2.36. The Labute approximate surface area is 215 Å². The number of pyridine rings is 1. The fraction of sp³-hybridized carbons (Fsp3) is 0.318. The molecule has 0 atom stereocenters. The largest absolute Gasteiger partial charge is 0.382 e. The average molecular weight is 542 g/mol. The minimum Gasteiger partial charge on any atom is -0.382 e. The first-order chi connectivity index (χ1) is 14.0. The van der Waals surface area contributed by atoms with E-state index in [1.54, 1.807) is 12.1 Å². The third kappa shape index (κ3) is 6.45. The molecular weight excluding hydrogens is 519 g/mol. The highest BCUT2D eigenvalue weighted by Crippen LogP contribution is 2.32. The van der Waals surface area contributed by atoms with Crippen molar-refractivity contribution >= 4 is 87.8 Å². The molecule has 3 aromatic rings. The van der Waals surface area contributed by atoms with Crippen LogP contribution in [0.25, 0.3) is 10.9 Å². The van der Waals surface area contributed by atoms with Crippen molar-refractivity contribution in [2.45, 2.75) is 44.3 Å². The summed E-state index contributed by atoms with van der Waals surface area (Å²) in [6, 6.07) is 12.3. The Morgan fingerprint density at radius 1 is 0.839 bits per heavy atom. The minimum absolute atomic E-state index is 0. The van der Waals surface area contributed by atoms with Crippen LogP contribution in [-0.2, 0) is 6.54 Å². The summed E-state index contributed by atoms with van der Waals surface area (Å²) in [5.74, 6) is 0. The average Bonchev–Trinajstić information content (AvgIpc) is 2.72. The molecule has 0 spiro atoms. The van der Waals surface area contributed by atoms with Gasteiger partial charge in [0.1, 0.15) is 0 Å². The number of aromatic nitrogens is 1. The molecule has 1 aliphatic carbocycles. The first kappa shape index (κ1) is 26.6. The van der Waals surface area contributed by atoms with Crippen molar-refractivity contribution in [1.82, 2.24) is 10.3 Å². The number of hydrogen-bond acceptors (Lipinski definition) is 3. The molecule has 1 aromatic heterocycles. The summed E-state index contributed by atoms with van der Waals surface area (Å²) < 4.78 is 0. The highest BCUT2D eigenvalue weighted by molar-refractivity contribution is 6.44. The van der Waals surface area contributed by atoms with Crippen molar-refractivity contribution in [3.63, 3.8) is 0 Å². The summed E-state index contributed by atoms with van der Waals surface area (Å²) in [7, 11) is 0. The Bertz CT molecular complexity index is 1020. The van der Waals surface area contributed by atoms with E-state index in [0.29, 0.717) is 38.7 Å². The van der Waals surface area contributed by atoms with Gasteiger partial charge in [-0.25, -0.2) is 0 Å². The molecule has 0 radical (unpaired) electrons. The van der Waals surface area contributed by atoms with Gasteiger partial charge in [-0.2, -0.15) is 0 Å². The molecule has 0 bridgehead atoms. The van der Waals surface area contributed by atoms with Crippen LogP contribution in [0.1, 0.15) is 31.2 Å². The lowest BCUT2D eigenvalue weighted by atomic mass is 9.90. The lowest BCUT2D eigenvalue weighted by Gasteiger charge is -2.31. The van der Waals surface area contributed by atoms with E-state index in [1.807, 2.05) is 30.5 Å². The number of hydrogen-bond donors (Lipinski definition) is 2. The van der Waals surface area contributed by atoms with Crippen molar-refractivity contribution < 1.29 is 0 Å². The van der Waals surface area contributed by atoms with E-state index in [4.69, 9.17) is 46.4 Å². The normalized spacial score (nSPS) is 18.2. The van der Waals surface area contributed by atoms with E-state index < -0.39 is 0 Å². The molecule has 3 nitrogen and oxygen atoms in total. The molecule has 1 fully saturated rings. The standard InChI is InChI=1S/C22H21Cl4N3.2ClH/c23-13-1-6-16-20(9-10-27-21(16)11-13)29-15-4-2-14(3-5-15)28-12-17-18(24)7-8-19(25)22(17)26;;/h1,6-11,14-15,28H,2-5,12H2,(H,27,29);2*1H/t14-,15+;;. The maximum Gasteiger partial charge on any atom is 0.0737 e. The van der Waals surface area contributed by atoms with Crippen molar-refractivity contribution in [3.8, 4) is 0 Å². The van der Waals surface area contributed by atoms with E-state index in [0.717, 1.165) is 47.8 Å². The van der Waals surface area contributed by atoms with Crippen LogP contribution in [0.2, 0.25) is 20.1 Å². The zero-order chi connectivity index (χ0) is 20.4. The molecule has 0 amide bonds. The second-order valence-electron chi connectivity index (χ2n) is 7.42. The van der Waals surface area contributed by atoms with Crippen molar-refractivity contribution in [2.24, 2.45) is 0 Å². The van der Waals surface area contributed by atoms with Gasteiger partial charge in [0.2, 0.25) is 0 Å². The van der Waals surface area contributed by atoms with Gasteiger partial charge in [0.15, 0.2) is 0 Å². The molecule has 9 heteroatoms. The molecule has 2 aromatic carbocycles. The Kier molecular flexibility index (Phi) is 10.3. The second kappa shape index (κ2) is 12.0. The lowest BCUT2D eigenvalue weighted by molar-refractivity contribution is 0.353. The van der Waals surface area contributed by atoms with Crippen LogP contribution in [0.3, 0.4) is 0 Å². The summed E-state index contributed by atoms with van der Waals surface area (Å²) in [4.78, 5) is 4.42. The van der Waals surface area contributed by atoms with Gasteiger partial charge in [0.25, 0.3) is 0 Å². The fourth-order valence-corrected chi connectivity index (χ4v) is 4.73.